The molecule has 38 heteroatoms. The van der Waals surface area contributed by atoms with Gasteiger partial charge >= 0.3 is 63.9 Å². The Bertz CT molecular complexity index is 2020. The molecule has 0 aliphatic carbocycles. The van der Waals surface area contributed by atoms with E-state index in [4.69, 9.17) is 33.0 Å². The van der Waals surface area contributed by atoms with Crippen molar-refractivity contribution in [3.05, 3.63) is 0 Å². The normalized spacial score (nSPS) is 36.9. The van der Waals surface area contributed by atoms with E-state index < -0.39 is 169 Å². The van der Waals surface area contributed by atoms with Crippen LogP contribution in [0, 0.1) is 0 Å². The molecule has 10 N–H and O–H groups in total. The first-order valence-electron chi connectivity index (χ1n) is 14.8. The maximum Gasteiger partial charge on any atom is 0.397 e. The van der Waals surface area contributed by atoms with Gasteiger partial charge in [-0.05, 0) is 0 Å². The van der Waals surface area contributed by atoms with Crippen LogP contribution in [0.25, 0.3) is 0 Å². The van der Waals surface area contributed by atoms with Gasteiger partial charge < -0.3 is 54.0 Å². The Morgan fingerprint density at radius 3 is 1.50 bits per heavy atom. The average Bonchev–Trinajstić information content (AvgIpc) is 3.02. The monoisotopic (exact) mass is 960 g/mol. The maximum absolute atomic E-state index is 12.6. The van der Waals surface area contributed by atoms with E-state index in [0.717, 1.165) is 0 Å². The predicted molar refractivity (Wildman–Crippen MR) is 163 cm³/mol. The molecule has 0 aromatic carbocycles. The summed E-state index contributed by atoms with van der Waals surface area (Å²) in [6, 6.07) is 0. The van der Waals surface area contributed by atoms with Crippen molar-refractivity contribution in [2.24, 2.45) is 0 Å². The highest BCUT2D eigenvalue weighted by Crippen LogP contribution is 2.37. The predicted octanol–water partition coefficient (Wildman–Crippen LogP) is -7.77. The molecular formula is C20H32O33S5. The molecule has 15 atom stereocenters. The highest BCUT2D eigenvalue weighted by molar-refractivity contribution is 7.81. The summed E-state index contributed by atoms with van der Waals surface area (Å²) in [5, 5.41) is 51.6. The van der Waals surface area contributed by atoms with E-state index in [0.29, 0.717) is 6.92 Å². The van der Waals surface area contributed by atoms with Crippen LogP contribution in [0.5, 0.6) is 0 Å². The third-order valence-electron chi connectivity index (χ3n) is 7.37. The lowest BCUT2D eigenvalue weighted by Gasteiger charge is -2.48. The third-order valence-corrected chi connectivity index (χ3v) is 9.66. The number of aliphatic hydroxyl groups excluding tert-OH is 4. The number of carbonyl (C=O) groups excluding carboxylic acids is 1. The van der Waals surface area contributed by atoms with Crippen LogP contribution in [-0.2, 0) is 111 Å². The van der Waals surface area contributed by atoms with Gasteiger partial charge in [0.15, 0.2) is 43.3 Å². The fraction of sp³-hybridized carbons (Fsp3) is 0.900. The number of hydrogen-bond acceptors (Lipinski definition) is 27. The molecule has 3 heterocycles. The number of rotatable bonds is 18. The lowest BCUT2D eigenvalue weighted by Crippen LogP contribution is -2.68. The lowest BCUT2D eigenvalue weighted by molar-refractivity contribution is -0.367. The van der Waals surface area contributed by atoms with E-state index in [2.05, 4.69) is 20.9 Å². The van der Waals surface area contributed by atoms with E-state index in [1.54, 1.807) is 0 Å². The molecule has 0 bridgehead atoms. The number of hydrogen-bond donors (Lipinski definition) is 10. The van der Waals surface area contributed by atoms with Crippen LogP contribution in [-0.4, -0.2) is 208 Å². The highest BCUT2D eigenvalue weighted by atomic mass is 32.3. The summed E-state index contributed by atoms with van der Waals surface area (Å²) in [5.41, 5.74) is 0. The molecule has 3 saturated heterocycles. The molecule has 0 unspecified atom stereocenters. The second-order valence-corrected chi connectivity index (χ2v) is 16.8. The Morgan fingerprint density at radius 2 is 1.03 bits per heavy atom. The molecule has 58 heavy (non-hydrogen) atoms. The van der Waals surface area contributed by atoms with Crippen molar-refractivity contribution in [1.29, 1.82) is 0 Å². The minimum atomic E-state index is -5.95. The molecule has 340 valence electrons. The summed E-state index contributed by atoms with van der Waals surface area (Å²) in [7, 11) is -28.6. The number of carbonyl (C=O) groups is 2. The van der Waals surface area contributed by atoms with Crippen LogP contribution in [0.3, 0.4) is 0 Å². The minimum absolute atomic E-state index is 0.551. The number of aliphatic carboxylic acids is 1. The first-order chi connectivity index (χ1) is 26.2. The molecular weight excluding hydrogens is 929 g/mol. The van der Waals surface area contributed by atoms with Crippen LogP contribution >= 0.6 is 0 Å². The average molecular weight is 961 g/mol. The summed E-state index contributed by atoms with van der Waals surface area (Å²) in [5.74, 6) is -3.82. The number of carboxylic acid groups (broad SMARTS) is 1. The second-order valence-electron chi connectivity index (χ2n) is 11.5. The molecule has 0 aromatic rings. The molecule has 3 fully saturated rings. The standard InChI is InChI=1S/C20H32O33S5/c1-4(22)44-12-11(48-19-8(24)10(50-55(31,32)33)7(23)6(46-19)3-43-54(28,29)30)14(17(25)26)49-20(16(12)53-58(40,41)42)47-9-5(2-21)45-18(27)15(52-57(37,38)39)13(9)51-56(34,35)36/h5-16,18-21,23-24,27H,2-3H2,1H3,(H,25,26)(H,28,29,30)(H,31,32,33)(H,34,35,36)(H,37,38,39)(H,40,41,42)/t5-,6-,7-,8-,9-,10+,11+,12+,13+,14-,15-,16-,18+,19-,20-/m1/s1. The van der Waals surface area contributed by atoms with E-state index >= 15 is 0 Å². The minimum Gasteiger partial charge on any atom is -0.479 e. The van der Waals surface area contributed by atoms with Gasteiger partial charge in [-0.2, -0.15) is 42.1 Å². The number of esters is 1. The van der Waals surface area contributed by atoms with Gasteiger partial charge in [0.05, 0.1) is 13.2 Å². The SMILES string of the molecule is CC(=O)O[C@@H]1[C@@H](OS(=O)(=O)O)[C@H](O[C@H]2[C@H](OS(=O)(=O)O)[C@@H](OS(=O)(=O)O)[C@@H](O)O[C@@H]2CO)O[C@@H](C(=O)O)[C@H]1O[C@H]1O[C@H](COS(=O)(=O)O)[C@@H](O)[C@H](OS(=O)(=O)O)[C@H]1O. The molecule has 0 amide bonds. The van der Waals surface area contributed by atoms with Gasteiger partial charge in [-0.15, -0.1) is 0 Å². The summed E-state index contributed by atoms with van der Waals surface area (Å²) in [4.78, 5) is 24.9. The van der Waals surface area contributed by atoms with Gasteiger partial charge in [0, 0.05) is 6.92 Å². The van der Waals surface area contributed by atoms with Crippen LogP contribution in [0.15, 0.2) is 0 Å². The molecule has 0 radical (unpaired) electrons. The zero-order valence-corrected chi connectivity index (χ0v) is 32.1. The maximum atomic E-state index is 12.6. The zero-order chi connectivity index (χ0) is 44.5. The molecule has 3 aliphatic rings. The zero-order valence-electron chi connectivity index (χ0n) is 28.0. The Labute approximate surface area is 324 Å². The van der Waals surface area contributed by atoms with Gasteiger partial charge in [-0.1, -0.05) is 0 Å². The van der Waals surface area contributed by atoms with Gasteiger partial charge in [0.1, 0.15) is 48.8 Å². The van der Waals surface area contributed by atoms with Crippen LogP contribution < -0.4 is 0 Å². The molecule has 3 rings (SSSR count). The third kappa shape index (κ3) is 14.5. The van der Waals surface area contributed by atoms with E-state index in [1.807, 2.05) is 0 Å². The summed E-state index contributed by atoms with van der Waals surface area (Å²) in [6.07, 6.45) is -40.5. The van der Waals surface area contributed by atoms with Crippen molar-refractivity contribution in [1.82, 2.24) is 0 Å². The number of ether oxygens (including phenoxy) is 6. The molecule has 0 aromatic heterocycles. The Morgan fingerprint density at radius 1 is 0.552 bits per heavy atom. The largest absolute Gasteiger partial charge is 0.479 e. The second kappa shape index (κ2) is 18.9. The first-order valence-corrected chi connectivity index (χ1v) is 21.6. The van der Waals surface area contributed by atoms with Gasteiger partial charge in [-0.3, -0.25) is 27.6 Å². The molecule has 3 aliphatic heterocycles. The van der Waals surface area contributed by atoms with E-state index in [1.165, 1.54) is 0 Å². The first kappa shape index (κ1) is 50.3. The van der Waals surface area contributed by atoms with Gasteiger partial charge in [0.25, 0.3) is 0 Å². The summed E-state index contributed by atoms with van der Waals surface area (Å²) >= 11 is 0. The van der Waals surface area contributed by atoms with Crippen LogP contribution in [0.2, 0.25) is 0 Å². The van der Waals surface area contributed by atoms with Gasteiger partial charge in [0.2, 0.25) is 0 Å². The topological polar surface area (TPSA) is 509 Å². The van der Waals surface area contributed by atoms with Crippen molar-refractivity contribution in [2.75, 3.05) is 13.2 Å². The van der Waals surface area contributed by atoms with E-state index in [9.17, 15) is 95.4 Å². The Balaban J connectivity index is 2.20. The van der Waals surface area contributed by atoms with Crippen molar-refractivity contribution in [3.63, 3.8) is 0 Å². The number of aliphatic hydroxyl groups is 4. The van der Waals surface area contributed by atoms with Crippen molar-refractivity contribution in [2.45, 2.75) is 99.0 Å². The Kier molecular flexibility index (Phi) is 16.4. The Hall–Kier alpha value is -2.07. The quantitative estimate of drug-likeness (QED) is 0.0450. The van der Waals surface area contributed by atoms with E-state index in [-0.39, 0.29) is 0 Å². The molecule has 33 nitrogen and oxygen atoms in total. The van der Waals surface area contributed by atoms with Crippen molar-refractivity contribution < 1.29 is 149 Å². The molecule has 0 saturated carbocycles. The van der Waals surface area contributed by atoms with Gasteiger partial charge in [-0.25, -0.2) is 25.7 Å². The van der Waals surface area contributed by atoms with Crippen LogP contribution in [0.1, 0.15) is 6.92 Å². The number of carboxylic acids is 1. The highest BCUT2D eigenvalue weighted by Gasteiger charge is 2.60. The fourth-order valence-electron chi connectivity index (χ4n) is 5.41. The lowest BCUT2D eigenvalue weighted by atomic mass is 9.95. The summed E-state index contributed by atoms with van der Waals surface area (Å²) < 4.78 is 214. The van der Waals surface area contributed by atoms with Crippen molar-refractivity contribution in [3.8, 4) is 0 Å². The smallest absolute Gasteiger partial charge is 0.397 e. The van der Waals surface area contributed by atoms with Crippen LogP contribution in [0.4, 0.5) is 0 Å². The van der Waals surface area contributed by atoms with Crippen molar-refractivity contribution >= 4 is 63.9 Å². The molecule has 0 spiro atoms. The summed E-state index contributed by atoms with van der Waals surface area (Å²) in [6.45, 7) is -2.39. The fourth-order valence-corrected chi connectivity index (χ4v) is 7.69.